The zero-order valence-electron chi connectivity index (χ0n) is 10.9. The second-order valence-electron chi connectivity index (χ2n) is 4.31. The summed E-state index contributed by atoms with van der Waals surface area (Å²) in [4.78, 5) is 11.3. The number of sulfonamides is 1. The van der Waals surface area contributed by atoms with Gasteiger partial charge in [0.25, 0.3) is 10.0 Å². The van der Waals surface area contributed by atoms with Crippen molar-refractivity contribution in [1.82, 2.24) is 0 Å². The third-order valence-electron chi connectivity index (χ3n) is 2.74. The summed E-state index contributed by atoms with van der Waals surface area (Å²) in [5.74, 6) is -0.121. The van der Waals surface area contributed by atoms with Crippen molar-refractivity contribution in [2.45, 2.75) is 11.8 Å². The molecule has 0 aliphatic heterocycles. The van der Waals surface area contributed by atoms with Crippen LogP contribution in [0.5, 0.6) is 0 Å². The summed E-state index contributed by atoms with van der Waals surface area (Å²) in [6, 6.07) is 10.5. The smallest absolute Gasteiger partial charge is 0.261 e. The van der Waals surface area contributed by atoms with Crippen molar-refractivity contribution in [3.63, 3.8) is 0 Å². The van der Waals surface area contributed by atoms with E-state index in [1.165, 1.54) is 37.3 Å². The summed E-state index contributed by atoms with van der Waals surface area (Å²) in [7, 11) is -3.74. The molecule has 0 atom stereocenters. The van der Waals surface area contributed by atoms with Gasteiger partial charge in [-0.3, -0.25) is 9.52 Å². The van der Waals surface area contributed by atoms with Crippen LogP contribution in [-0.4, -0.2) is 14.2 Å². The molecule has 1 N–H and O–H groups in total. The molecular formula is C14H11BrClNO3S. The molecule has 0 saturated carbocycles. The number of hydrogen-bond donors (Lipinski definition) is 1. The van der Waals surface area contributed by atoms with Gasteiger partial charge in [0.15, 0.2) is 5.78 Å². The van der Waals surface area contributed by atoms with Crippen molar-refractivity contribution in [3.05, 3.63) is 57.5 Å². The predicted molar refractivity (Wildman–Crippen MR) is 86.4 cm³/mol. The number of halogens is 2. The van der Waals surface area contributed by atoms with Crippen molar-refractivity contribution >= 4 is 49.0 Å². The molecule has 0 fully saturated rings. The Morgan fingerprint density at radius 3 is 2.33 bits per heavy atom. The minimum atomic E-state index is -3.74. The van der Waals surface area contributed by atoms with E-state index in [1.54, 1.807) is 12.1 Å². The molecule has 0 aliphatic rings. The molecule has 0 amide bonds. The molecule has 0 radical (unpaired) electrons. The molecule has 110 valence electrons. The van der Waals surface area contributed by atoms with Gasteiger partial charge in [-0.25, -0.2) is 8.42 Å². The van der Waals surface area contributed by atoms with Crippen molar-refractivity contribution in [2.24, 2.45) is 0 Å². The van der Waals surface area contributed by atoms with Crippen molar-refractivity contribution < 1.29 is 13.2 Å². The minimum absolute atomic E-state index is 0.0689. The van der Waals surface area contributed by atoms with Gasteiger partial charge in [-0.15, -0.1) is 0 Å². The molecule has 4 nitrogen and oxygen atoms in total. The van der Waals surface area contributed by atoms with Crippen LogP contribution in [0.1, 0.15) is 17.3 Å². The van der Waals surface area contributed by atoms with Crippen LogP contribution in [0, 0.1) is 0 Å². The van der Waals surface area contributed by atoms with Crippen molar-refractivity contribution in [2.75, 3.05) is 4.72 Å². The molecule has 0 bridgehead atoms. The standard InChI is InChI=1S/C14H11BrClNO3S/c1-9(18)10-2-5-12(6-3-10)21(19,20)17-14-8-11(16)4-7-13(14)15/h2-8,17H,1H3. The number of benzene rings is 2. The Kier molecular flexibility index (Phi) is 4.70. The Labute approximate surface area is 136 Å². The molecule has 0 unspecified atom stereocenters. The lowest BCUT2D eigenvalue weighted by molar-refractivity contribution is 0.101. The maximum absolute atomic E-state index is 12.3. The molecule has 0 heterocycles. The summed E-state index contributed by atoms with van der Waals surface area (Å²) in [5.41, 5.74) is 0.802. The van der Waals surface area contributed by atoms with Gasteiger partial charge in [-0.2, -0.15) is 0 Å². The first-order valence-corrected chi connectivity index (χ1v) is 8.54. The van der Waals surface area contributed by atoms with E-state index in [2.05, 4.69) is 20.7 Å². The Morgan fingerprint density at radius 1 is 1.14 bits per heavy atom. The van der Waals surface area contributed by atoms with Crippen LogP contribution in [0.25, 0.3) is 0 Å². The summed E-state index contributed by atoms with van der Waals surface area (Å²) in [6.07, 6.45) is 0. The molecule has 21 heavy (non-hydrogen) atoms. The van der Waals surface area contributed by atoms with Gasteiger partial charge in [0.05, 0.1) is 10.6 Å². The van der Waals surface area contributed by atoms with Crippen LogP contribution in [0.4, 0.5) is 5.69 Å². The van der Waals surface area contributed by atoms with Gasteiger partial charge < -0.3 is 0 Å². The summed E-state index contributed by atoms with van der Waals surface area (Å²) in [6.45, 7) is 1.42. The second-order valence-corrected chi connectivity index (χ2v) is 7.28. The highest BCUT2D eigenvalue weighted by molar-refractivity contribution is 9.10. The number of carbonyl (C=O) groups excluding carboxylic acids is 1. The van der Waals surface area contributed by atoms with Crippen molar-refractivity contribution in [3.8, 4) is 0 Å². The lowest BCUT2D eigenvalue weighted by Crippen LogP contribution is -2.13. The van der Waals surface area contributed by atoms with Crippen molar-refractivity contribution in [1.29, 1.82) is 0 Å². The Bertz CT molecular complexity index is 788. The van der Waals surface area contributed by atoms with E-state index in [9.17, 15) is 13.2 Å². The van der Waals surface area contributed by atoms with Gasteiger partial charge in [-0.1, -0.05) is 23.7 Å². The first kappa shape index (κ1) is 16.0. The maximum Gasteiger partial charge on any atom is 0.261 e. The summed E-state index contributed by atoms with van der Waals surface area (Å²) in [5, 5.41) is 0.419. The molecule has 0 aliphatic carbocycles. The maximum atomic E-state index is 12.3. The largest absolute Gasteiger partial charge is 0.295 e. The van der Waals surface area contributed by atoms with Crippen LogP contribution >= 0.6 is 27.5 Å². The third-order valence-corrected chi connectivity index (χ3v) is 5.05. The van der Waals surface area contributed by atoms with Crippen LogP contribution < -0.4 is 4.72 Å². The molecule has 0 saturated heterocycles. The highest BCUT2D eigenvalue weighted by Gasteiger charge is 2.16. The fourth-order valence-electron chi connectivity index (χ4n) is 1.65. The average molecular weight is 389 g/mol. The first-order chi connectivity index (χ1) is 9.79. The number of hydrogen-bond acceptors (Lipinski definition) is 3. The number of ketones is 1. The van der Waals surface area contributed by atoms with E-state index < -0.39 is 10.0 Å². The van der Waals surface area contributed by atoms with Gasteiger partial charge >= 0.3 is 0 Å². The predicted octanol–water partition coefficient (Wildman–Crippen LogP) is 4.11. The van der Waals surface area contributed by atoms with Gasteiger partial charge in [0, 0.05) is 15.1 Å². The SMILES string of the molecule is CC(=O)c1ccc(S(=O)(=O)Nc2cc(Cl)ccc2Br)cc1. The zero-order chi connectivity index (χ0) is 15.6. The Hall–Kier alpha value is -1.37. The molecular weight excluding hydrogens is 378 g/mol. The number of rotatable bonds is 4. The van der Waals surface area contributed by atoms with Gasteiger partial charge in [0.1, 0.15) is 0 Å². The number of anilines is 1. The monoisotopic (exact) mass is 387 g/mol. The fraction of sp³-hybridized carbons (Fsp3) is 0.0714. The molecule has 7 heteroatoms. The van der Waals surface area contributed by atoms with E-state index in [0.29, 0.717) is 20.7 Å². The average Bonchev–Trinajstić information content (AvgIpc) is 2.43. The fourth-order valence-corrected chi connectivity index (χ4v) is 3.37. The molecule has 0 aromatic heterocycles. The topological polar surface area (TPSA) is 63.2 Å². The Morgan fingerprint density at radius 2 is 1.76 bits per heavy atom. The van der Waals surface area contributed by atoms with E-state index >= 15 is 0 Å². The van der Waals surface area contributed by atoms with E-state index in [0.717, 1.165) is 0 Å². The minimum Gasteiger partial charge on any atom is -0.295 e. The van der Waals surface area contributed by atoms with Gasteiger partial charge in [-0.05, 0) is 53.2 Å². The highest BCUT2D eigenvalue weighted by atomic mass is 79.9. The third kappa shape index (κ3) is 3.84. The van der Waals surface area contributed by atoms with Crippen LogP contribution in [-0.2, 0) is 10.0 Å². The second kappa shape index (κ2) is 6.17. The molecule has 0 spiro atoms. The normalized spacial score (nSPS) is 11.2. The van der Waals surface area contributed by atoms with Gasteiger partial charge in [0.2, 0.25) is 0 Å². The number of nitrogens with one attached hydrogen (secondary N) is 1. The molecule has 2 rings (SSSR count). The summed E-state index contributed by atoms with van der Waals surface area (Å²) < 4.78 is 27.6. The van der Waals surface area contributed by atoms with Crippen LogP contribution in [0.3, 0.4) is 0 Å². The lowest BCUT2D eigenvalue weighted by atomic mass is 10.2. The lowest BCUT2D eigenvalue weighted by Gasteiger charge is -2.10. The van der Waals surface area contributed by atoms with E-state index in [4.69, 9.17) is 11.6 Å². The van der Waals surface area contributed by atoms with E-state index in [-0.39, 0.29) is 10.7 Å². The van der Waals surface area contributed by atoms with Crippen LogP contribution in [0.2, 0.25) is 5.02 Å². The number of Topliss-reactive ketones (excluding diaryl/α,β-unsaturated/α-hetero) is 1. The molecule has 2 aromatic carbocycles. The summed E-state index contributed by atoms with van der Waals surface area (Å²) >= 11 is 9.11. The zero-order valence-corrected chi connectivity index (χ0v) is 14.1. The Balaban J connectivity index is 2.34. The quantitative estimate of drug-likeness (QED) is 0.802. The first-order valence-electron chi connectivity index (χ1n) is 5.88. The molecule has 2 aromatic rings. The van der Waals surface area contributed by atoms with Crippen LogP contribution in [0.15, 0.2) is 51.8 Å². The highest BCUT2D eigenvalue weighted by Crippen LogP contribution is 2.28. The van der Waals surface area contributed by atoms with E-state index in [1.807, 2.05) is 0 Å². The number of carbonyl (C=O) groups is 1.